The Kier molecular flexibility index (Phi) is 3.33. The number of hydrogen-bond acceptors (Lipinski definition) is 3. The Labute approximate surface area is 139 Å². The van der Waals surface area contributed by atoms with Gasteiger partial charge in [0.15, 0.2) is 11.5 Å². The van der Waals surface area contributed by atoms with Gasteiger partial charge in [-0.1, -0.05) is 60.2 Å². The van der Waals surface area contributed by atoms with Crippen LogP contribution in [0.25, 0.3) is 28.2 Å². The molecule has 0 amide bonds. The molecule has 0 unspecified atom stereocenters. The van der Waals surface area contributed by atoms with Gasteiger partial charge in [-0.3, -0.25) is 0 Å². The van der Waals surface area contributed by atoms with Gasteiger partial charge in [-0.2, -0.15) is 5.26 Å². The molecule has 0 aliphatic rings. The minimum atomic E-state index is 0.537. The monoisotopic (exact) mass is 310 g/mol. The van der Waals surface area contributed by atoms with Gasteiger partial charge in [0.25, 0.3) is 0 Å². The number of rotatable bonds is 2. The molecule has 0 spiro atoms. The lowest BCUT2D eigenvalue weighted by Gasteiger charge is -2.04. The third kappa shape index (κ3) is 2.33. The summed E-state index contributed by atoms with van der Waals surface area (Å²) in [7, 11) is 0. The minimum Gasteiger partial charge on any atom is -0.219 e. The molecule has 2 aromatic heterocycles. The number of benzene rings is 2. The number of hydrogen-bond donors (Lipinski definition) is 0. The molecule has 2 heterocycles. The fourth-order valence-electron chi connectivity index (χ4n) is 2.74. The Morgan fingerprint density at radius 1 is 0.917 bits per heavy atom. The molecule has 2 aromatic carbocycles. The van der Waals surface area contributed by atoms with Gasteiger partial charge in [-0.05, 0) is 18.6 Å². The maximum Gasteiger partial charge on any atom is 0.182 e. The number of fused-ring (bicyclic) bond motifs is 1. The second kappa shape index (κ2) is 5.64. The van der Waals surface area contributed by atoms with Gasteiger partial charge in [0.05, 0.1) is 0 Å². The van der Waals surface area contributed by atoms with E-state index in [2.05, 4.69) is 16.2 Å². The molecule has 4 aromatic rings. The van der Waals surface area contributed by atoms with Crippen LogP contribution < -0.4 is 0 Å². The van der Waals surface area contributed by atoms with Crippen molar-refractivity contribution in [2.75, 3.05) is 0 Å². The van der Waals surface area contributed by atoms with Gasteiger partial charge >= 0.3 is 0 Å². The van der Waals surface area contributed by atoms with Crippen LogP contribution in [-0.2, 0) is 0 Å². The molecule has 4 heteroatoms. The lowest BCUT2D eigenvalue weighted by Crippen LogP contribution is -1.93. The maximum absolute atomic E-state index is 9.66. The minimum absolute atomic E-state index is 0.537. The number of nitrogens with zero attached hydrogens (tertiary/aromatic N) is 4. The molecule has 0 aliphatic heterocycles. The topological polar surface area (TPSA) is 54.0 Å². The van der Waals surface area contributed by atoms with E-state index in [1.165, 1.54) is 5.56 Å². The van der Waals surface area contributed by atoms with Crippen LogP contribution in [0.2, 0.25) is 0 Å². The second-order valence-electron chi connectivity index (χ2n) is 5.65. The Morgan fingerprint density at radius 3 is 2.38 bits per heavy atom. The Hall–Kier alpha value is -3.45. The predicted octanol–water partition coefficient (Wildman–Crippen LogP) is 4.24. The van der Waals surface area contributed by atoms with E-state index in [0.29, 0.717) is 17.0 Å². The first-order chi connectivity index (χ1) is 11.8. The van der Waals surface area contributed by atoms with Gasteiger partial charge in [0.2, 0.25) is 0 Å². The molecule has 0 fully saturated rings. The maximum atomic E-state index is 9.66. The van der Waals surface area contributed by atoms with Crippen LogP contribution in [-0.4, -0.2) is 14.6 Å². The van der Waals surface area contributed by atoms with Crippen LogP contribution in [0.15, 0.2) is 66.9 Å². The molecule has 0 N–H and O–H groups in total. The van der Waals surface area contributed by atoms with Gasteiger partial charge in [-0.15, -0.1) is 5.10 Å². The van der Waals surface area contributed by atoms with E-state index in [-0.39, 0.29) is 0 Å². The SMILES string of the molecule is Cc1ccc(-c2nc3c(C#N)c(-c4ccccc4)ccn3n2)cc1. The molecule has 0 radical (unpaired) electrons. The first-order valence-corrected chi connectivity index (χ1v) is 7.68. The third-order valence-electron chi connectivity index (χ3n) is 4.01. The van der Waals surface area contributed by atoms with Crippen LogP contribution in [0, 0.1) is 18.3 Å². The lowest BCUT2D eigenvalue weighted by molar-refractivity contribution is 0.964. The molecular formula is C20H14N4. The average Bonchev–Trinajstić information content (AvgIpc) is 3.06. The Morgan fingerprint density at radius 2 is 1.67 bits per heavy atom. The number of aromatic nitrogens is 3. The fraction of sp³-hybridized carbons (Fsp3) is 0.0500. The van der Waals surface area contributed by atoms with E-state index in [4.69, 9.17) is 0 Å². The Balaban J connectivity index is 1.91. The van der Waals surface area contributed by atoms with Crippen molar-refractivity contribution in [3.05, 3.63) is 78.0 Å². The van der Waals surface area contributed by atoms with Crippen LogP contribution in [0.3, 0.4) is 0 Å². The number of pyridine rings is 1. The summed E-state index contributed by atoms with van der Waals surface area (Å²) in [4.78, 5) is 4.60. The molecule has 0 saturated heterocycles. The van der Waals surface area contributed by atoms with Crippen molar-refractivity contribution in [3.63, 3.8) is 0 Å². The molecule has 0 atom stereocenters. The van der Waals surface area contributed by atoms with Gasteiger partial charge in [0.1, 0.15) is 11.6 Å². The van der Waals surface area contributed by atoms with E-state index in [1.807, 2.05) is 73.8 Å². The fourth-order valence-corrected chi connectivity index (χ4v) is 2.74. The van der Waals surface area contributed by atoms with E-state index in [1.54, 1.807) is 4.52 Å². The highest BCUT2D eigenvalue weighted by atomic mass is 15.3. The van der Waals surface area contributed by atoms with Crippen LogP contribution in [0.5, 0.6) is 0 Å². The number of nitriles is 1. The summed E-state index contributed by atoms with van der Waals surface area (Å²) < 4.78 is 1.67. The summed E-state index contributed by atoms with van der Waals surface area (Å²) in [6.07, 6.45) is 1.85. The molecule has 0 saturated carbocycles. The molecule has 0 aliphatic carbocycles. The largest absolute Gasteiger partial charge is 0.219 e. The smallest absolute Gasteiger partial charge is 0.182 e. The van der Waals surface area contributed by atoms with Crippen molar-refractivity contribution in [2.24, 2.45) is 0 Å². The van der Waals surface area contributed by atoms with Crippen molar-refractivity contribution < 1.29 is 0 Å². The normalized spacial score (nSPS) is 10.7. The van der Waals surface area contributed by atoms with Crippen molar-refractivity contribution in [1.29, 1.82) is 5.26 Å². The number of aryl methyl sites for hydroxylation is 1. The van der Waals surface area contributed by atoms with Crippen LogP contribution >= 0.6 is 0 Å². The van der Waals surface area contributed by atoms with Crippen molar-refractivity contribution >= 4 is 5.65 Å². The van der Waals surface area contributed by atoms with Gasteiger partial charge < -0.3 is 0 Å². The summed E-state index contributed by atoms with van der Waals surface area (Å²) in [5.41, 5.74) is 5.11. The molecule has 0 bridgehead atoms. The standard InChI is InChI=1S/C20H14N4/c1-14-7-9-16(10-8-14)19-22-20-18(13-21)17(11-12-24(20)23-19)15-5-3-2-4-6-15/h2-12H,1H3. The summed E-state index contributed by atoms with van der Waals surface area (Å²) in [6.45, 7) is 2.04. The van der Waals surface area contributed by atoms with E-state index in [0.717, 1.165) is 16.7 Å². The molecule has 4 nitrogen and oxygen atoms in total. The zero-order chi connectivity index (χ0) is 16.5. The molecular weight excluding hydrogens is 296 g/mol. The summed E-state index contributed by atoms with van der Waals surface area (Å²) in [5, 5.41) is 14.2. The molecule has 24 heavy (non-hydrogen) atoms. The first kappa shape index (κ1) is 14.2. The molecule has 4 rings (SSSR count). The Bertz CT molecular complexity index is 1050. The highest BCUT2D eigenvalue weighted by Crippen LogP contribution is 2.27. The average molecular weight is 310 g/mol. The summed E-state index contributed by atoms with van der Waals surface area (Å²) in [6, 6.07) is 22.1. The predicted molar refractivity (Wildman–Crippen MR) is 93.3 cm³/mol. The third-order valence-corrected chi connectivity index (χ3v) is 4.01. The van der Waals surface area contributed by atoms with Gasteiger partial charge in [0, 0.05) is 17.3 Å². The van der Waals surface area contributed by atoms with Crippen molar-refractivity contribution in [3.8, 4) is 28.6 Å². The zero-order valence-electron chi connectivity index (χ0n) is 13.1. The molecule has 114 valence electrons. The summed E-state index contributed by atoms with van der Waals surface area (Å²) in [5.74, 6) is 0.622. The van der Waals surface area contributed by atoms with Crippen molar-refractivity contribution in [2.45, 2.75) is 6.92 Å². The zero-order valence-corrected chi connectivity index (χ0v) is 13.1. The van der Waals surface area contributed by atoms with Crippen LogP contribution in [0.1, 0.15) is 11.1 Å². The van der Waals surface area contributed by atoms with E-state index >= 15 is 0 Å². The lowest BCUT2D eigenvalue weighted by atomic mass is 10.0. The van der Waals surface area contributed by atoms with Gasteiger partial charge in [-0.25, -0.2) is 9.50 Å². The highest BCUT2D eigenvalue weighted by molar-refractivity contribution is 5.78. The quantitative estimate of drug-likeness (QED) is 0.556. The van der Waals surface area contributed by atoms with Crippen molar-refractivity contribution in [1.82, 2.24) is 14.6 Å². The van der Waals surface area contributed by atoms with E-state index in [9.17, 15) is 5.26 Å². The first-order valence-electron chi connectivity index (χ1n) is 7.68. The second-order valence-corrected chi connectivity index (χ2v) is 5.65. The van der Waals surface area contributed by atoms with Crippen LogP contribution in [0.4, 0.5) is 0 Å². The van der Waals surface area contributed by atoms with E-state index < -0.39 is 0 Å². The highest BCUT2D eigenvalue weighted by Gasteiger charge is 2.14. The summed E-state index contributed by atoms with van der Waals surface area (Å²) >= 11 is 0.